The van der Waals surface area contributed by atoms with Crippen molar-refractivity contribution < 1.29 is 32.3 Å². The Balaban J connectivity index is 3.21. The summed E-state index contributed by atoms with van der Waals surface area (Å²) in [7, 11) is 0. The van der Waals surface area contributed by atoms with Gasteiger partial charge in [0.1, 0.15) is 17.7 Å². The molecular weight excluding hydrogens is 325 g/mol. The van der Waals surface area contributed by atoms with Crippen LogP contribution in [-0.4, -0.2) is 17.5 Å². The van der Waals surface area contributed by atoms with Crippen LogP contribution in [0, 0.1) is 5.92 Å². The molecule has 0 aliphatic carbocycles. The third-order valence-corrected chi connectivity index (χ3v) is 3.59. The fraction of sp³-hybridized carbons (Fsp3) is 0.471. The molecule has 2 unspecified atom stereocenters. The van der Waals surface area contributed by atoms with E-state index in [1.807, 2.05) is 0 Å². The summed E-state index contributed by atoms with van der Waals surface area (Å²) in [6.45, 7) is 4.03. The Labute approximate surface area is 138 Å². The van der Waals surface area contributed by atoms with E-state index in [-0.39, 0.29) is 30.0 Å². The summed E-state index contributed by atoms with van der Waals surface area (Å²) in [6.07, 6.45) is -5.51. The average Bonchev–Trinajstić information content (AvgIpc) is 2.49. The Bertz CT molecular complexity index is 605. The normalized spacial score (nSPS) is 13.9. The van der Waals surface area contributed by atoms with E-state index in [1.54, 1.807) is 6.92 Å². The Kier molecular flexibility index (Phi) is 6.69. The van der Waals surface area contributed by atoms with Gasteiger partial charge >= 0.3 is 12.1 Å². The topological polar surface area (TPSA) is 60.4 Å². The van der Waals surface area contributed by atoms with Crippen LogP contribution in [0.15, 0.2) is 24.3 Å². The van der Waals surface area contributed by atoms with Gasteiger partial charge < -0.3 is 4.74 Å². The van der Waals surface area contributed by atoms with Gasteiger partial charge in [-0.2, -0.15) is 13.2 Å². The van der Waals surface area contributed by atoms with Gasteiger partial charge in [-0.15, -0.1) is 0 Å². The molecule has 0 amide bonds. The van der Waals surface area contributed by atoms with E-state index < -0.39 is 29.7 Å². The maximum atomic E-state index is 12.7. The van der Waals surface area contributed by atoms with E-state index in [0.717, 1.165) is 31.2 Å². The number of ketones is 2. The molecule has 0 aromatic heterocycles. The number of halogens is 3. The molecule has 7 heteroatoms. The summed E-state index contributed by atoms with van der Waals surface area (Å²) in [6, 6.07) is 4.01. The van der Waals surface area contributed by atoms with Crippen LogP contribution in [0.25, 0.3) is 0 Å². The smallest absolute Gasteiger partial charge is 0.416 e. The second kappa shape index (κ2) is 8.08. The van der Waals surface area contributed by atoms with E-state index in [2.05, 4.69) is 0 Å². The van der Waals surface area contributed by atoms with E-state index in [9.17, 15) is 27.6 Å². The number of carbonyl (C=O) groups is 3. The summed E-state index contributed by atoms with van der Waals surface area (Å²) < 4.78 is 43.1. The minimum atomic E-state index is -4.49. The van der Waals surface area contributed by atoms with E-state index in [1.165, 1.54) is 6.92 Å². The van der Waals surface area contributed by atoms with Gasteiger partial charge in [-0.05, 0) is 24.6 Å². The highest BCUT2D eigenvalue weighted by molar-refractivity contribution is 5.87. The van der Waals surface area contributed by atoms with Crippen LogP contribution in [0.5, 0.6) is 0 Å². The second-order valence-electron chi connectivity index (χ2n) is 5.46. The molecule has 24 heavy (non-hydrogen) atoms. The van der Waals surface area contributed by atoms with Gasteiger partial charge in [0, 0.05) is 19.8 Å². The molecule has 0 spiro atoms. The Morgan fingerprint density at radius 3 is 2.00 bits per heavy atom. The molecule has 132 valence electrons. The van der Waals surface area contributed by atoms with Crippen molar-refractivity contribution in [1.82, 2.24) is 0 Å². The van der Waals surface area contributed by atoms with Gasteiger partial charge in [0.15, 0.2) is 0 Å². The predicted octanol–water partition coefficient (Wildman–Crippen LogP) is 3.88. The lowest BCUT2D eigenvalue weighted by molar-refractivity contribution is -0.153. The molecule has 0 aliphatic heterocycles. The van der Waals surface area contributed by atoms with Crippen molar-refractivity contribution in [1.29, 1.82) is 0 Å². The highest BCUT2D eigenvalue weighted by Gasteiger charge is 2.33. The lowest BCUT2D eigenvalue weighted by atomic mass is 9.87. The molecule has 0 fully saturated rings. The van der Waals surface area contributed by atoms with Gasteiger partial charge in [0.25, 0.3) is 0 Å². The average molecular weight is 344 g/mol. The van der Waals surface area contributed by atoms with E-state index >= 15 is 0 Å². The number of Topliss-reactive ketones (excluding diaryl/α,β-unsaturated/α-hetero) is 2. The van der Waals surface area contributed by atoms with Crippen molar-refractivity contribution >= 4 is 17.5 Å². The molecule has 1 aromatic rings. The van der Waals surface area contributed by atoms with Crippen molar-refractivity contribution in [3.8, 4) is 0 Å². The van der Waals surface area contributed by atoms with Crippen molar-refractivity contribution in [3.05, 3.63) is 35.4 Å². The zero-order chi connectivity index (χ0) is 18.5. The second-order valence-corrected chi connectivity index (χ2v) is 5.46. The molecule has 0 bridgehead atoms. The Morgan fingerprint density at radius 1 is 1.08 bits per heavy atom. The molecule has 1 aromatic carbocycles. The van der Waals surface area contributed by atoms with Crippen molar-refractivity contribution in [2.24, 2.45) is 5.92 Å². The quantitative estimate of drug-likeness (QED) is 0.704. The van der Waals surface area contributed by atoms with Crippen molar-refractivity contribution in [2.75, 3.05) is 0 Å². The zero-order valence-electron chi connectivity index (χ0n) is 13.6. The number of alkyl halides is 3. The van der Waals surface area contributed by atoms with Crippen LogP contribution in [0.4, 0.5) is 13.2 Å². The van der Waals surface area contributed by atoms with Crippen LogP contribution in [0.3, 0.4) is 0 Å². The number of hydrogen-bond acceptors (Lipinski definition) is 4. The van der Waals surface area contributed by atoms with E-state index in [0.29, 0.717) is 0 Å². The van der Waals surface area contributed by atoms with Gasteiger partial charge in [-0.1, -0.05) is 19.1 Å². The predicted molar refractivity (Wildman–Crippen MR) is 80.0 cm³/mol. The first kappa shape index (κ1) is 19.9. The minimum Gasteiger partial charge on any atom is -0.457 e. The summed E-state index contributed by atoms with van der Waals surface area (Å²) >= 11 is 0. The van der Waals surface area contributed by atoms with Crippen molar-refractivity contribution in [3.63, 3.8) is 0 Å². The van der Waals surface area contributed by atoms with Gasteiger partial charge in [0.2, 0.25) is 0 Å². The first-order valence-electron chi connectivity index (χ1n) is 7.42. The first-order chi connectivity index (χ1) is 11.1. The largest absolute Gasteiger partial charge is 0.457 e. The summed E-state index contributed by atoms with van der Waals surface area (Å²) in [5.41, 5.74) is -0.612. The molecule has 0 heterocycles. The Hall–Kier alpha value is -2.18. The lowest BCUT2D eigenvalue weighted by Gasteiger charge is -2.25. The highest BCUT2D eigenvalue weighted by atomic mass is 19.4. The molecule has 4 nitrogen and oxygen atoms in total. The van der Waals surface area contributed by atoms with E-state index in [4.69, 9.17) is 4.74 Å². The Morgan fingerprint density at radius 2 is 1.62 bits per heavy atom. The minimum absolute atomic E-state index is 0.134. The fourth-order valence-corrected chi connectivity index (χ4v) is 2.28. The molecule has 1 rings (SSSR count). The maximum absolute atomic E-state index is 12.7. The third kappa shape index (κ3) is 5.47. The summed E-state index contributed by atoms with van der Waals surface area (Å²) in [5, 5.41) is 0. The monoisotopic (exact) mass is 344 g/mol. The van der Waals surface area contributed by atoms with Crippen LogP contribution in [0.1, 0.15) is 50.8 Å². The first-order valence-corrected chi connectivity index (χ1v) is 7.42. The standard InChI is InChI=1S/C17H19F3O4/c1-4-14(23)9-15(10(2)21)16(24-11(3)22)12-5-7-13(8-6-12)17(18,19)20/h5-8,15-16H,4,9H2,1-3H3. The number of benzene rings is 1. The summed E-state index contributed by atoms with van der Waals surface area (Å²) in [5.74, 6) is -2.18. The number of carbonyl (C=O) groups excluding carboxylic acids is 3. The van der Waals surface area contributed by atoms with Crippen LogP contribution in [0.2, 0.25) is 0 Å². The molecular formula is C17H19F3O4. The molecule has 0 saturated carbocycles. The number of hydrogen-bond donors (Lipinski definition) is 0. The number of ether oxygens (including phenoxy) is 1. The molecule has 0 aliphatic rings. The van der Waals surface area contributed by atoms with Crippen LogP contribution >= 0.6 is 0 Å². The number of esters is 1. The lowest BCUT2D eigenvalue weighted by Crippen LogP contribution is -2.26. The fourth-order valence-electron chi connectivity index (χ4n) is 2.28. The third-order valence-electron chi connectivity index (χ3n) is 3.59. The molecule has 0 saturated heterocycles. The zero-order valence-corrected chi connectivity index (χ0v) is 13.6. The SMILES string of the molecule is CCC(=O)CC(C(C)=O)C(OC(C)=O)c1ccc(C(F)(F)F)cc1. The van der Waals surface area contributed by atoms with Crippen LogP contribution < -0.4 is 0 Å². The van der Waals surface area contributed by atoms with Gasteiger partial charge in [-0.25, -0.2) is 0 Å². The van der Waals surface area contributed by atoms with Gasteiger partial charge in [-0.3, -0.25) is 14.4 Å². The molecule has 2 atom stereocenters. The highest BCUT2D eigenvalue weighted by Crippen LogP contribution is 2.34. The van der Waals surface area contributed by atoms with Crippen LogP contribution in [-0.2, 0) is 25.3 Å². The number of rotatable bonds is 7. The van der Waals surface area contributed by atoms with Gasteiger partial charge in [0.05, 0.1) is 11.5 Å². The van der Waals surface area contributed by atoms with Crippen molar-refractivity contribution in [2.45, 2.75) is 45.9 Å². The molecule has 0 radical (unpaired) electrons. The maximum Gasteiger partial charge on any atom is 0.416 e. The molecule has 0 N–H and O–H groups in total. The summed E-state index contributed by atoms with van der Waals surface area (Å²) in [4.78, 5) is 34.9.